The number of hydrogen-bond donors (Lipinski definition) is 2. The lowest BCUT2D eigenvalue weighted by Gasteiger charge is -2.31. The molecular weight excluding hydrogens is 334 g/mol. The molecule has 2 heterocycles. The van der Waals surface area contributed by atoms with Crippen LogP contribution in [-0.4, -0.2) is 23.6 Å². The van der Waals surface area contributed by atoms with Crippen molar-refractivity contribution >= 4 is 11.9 Å². The molecule has 3 rings (SSSR count). The highest BCUT2D eigenvalue weighted by Gasteiger charge is 2.33. The molecule has 1 aliphatic heterocycles. The minimum Gasteiger partial charge on any atom is -0.478 e. The summed E-state index contributed by atoms with van der Waals surface area (Å²) in [6.07, 6.45) is 1.32. The summed E-state index contributed by atoms with van der Waals surface area (Å²) in [6, 6.07) is 9.48. The summed E-state index contributed by atoms with van der Waals surface area (Å²) in [5, 5.41) is 11.9. The van der Waals surface area contributed by atoms with Gasteiger partial charge in [0.15, 0.2) is 0 Å². The van der Waals surface area contributed by atoms with Gasteiger partial charge in [0.2, 0.25) is 5.91 Å². The zero-order valence-corrected chi connectivity index (χ0v) is 15.0. The number of ether oxygens (including phenoxy) is 1. The van der Waals surface area contributed by atoms with E-state index >= 15 is 0 Å². The van der Waals surface area contributed by atoms with Crippen molar-refractivity contribution in [3.8, 4) is 0 Å². The Hall–Kier alpha value is -2.60. The van der Waals surface area contributed by atoms with Gasteiger partial charge in [0, 0.05) is 6.61 Å². The highest BCUT2D eigenvalue weighted by molar-refractivity contribution is 5.88. The predicted octanol–water partition coefficient (Wildman–Crippen LogP) is 3.38. The molecule has 1 fully saturated rings. The Kier molecular flexibility index (Phi) is 5.42. The number of nitrogens with one attached hydrogen (secondary N) is 1. The smallest absolute Gasteiger partial charge is 0.339 e. The number of aromatic carboxylic acids is 1. The number of carboxylic acids is 1. The van der Waals surface area contributed by atoms with Gasteiger partial charge in [0.05, 0.1) is 18.6 Å². The van der Waals surface area contributed by atoms with Crippen LogP contribution in [0.25, 0.3) is 0 Å². The van der Waals surface area contributed by atoms with Crippen LogP contribution in [0.1, 0.15) is 52.0 Å². The number of hydrogen-bond acceptors (Lipinski definition) is 4. The van der Waals surface area contributed by atoms with E-state index in [1.54, 1.807) is 6.92 Å². The van der Waals surface area contributed by atoms with Crippen molar-refractivity contribution in [3.05, 3.63) is 58.5 Å². The molecule has 2 unspecified atom stereocenters. The highest BCUT2D eigenvalue weighted by Crippen LogP contribution is 2.34. The Bertz CT molecular complexity index is 793. The second-order valence-corrected chi connectivity index (χ2v) is 6.66. The number of aryl methyl sites for hydroxylation is 2. The van der Waals surface area contributed by atoms with E-state index in [1.165, 1.54) is 6.07 Å². The van der Waals surface area contributed by atoms with E-state index in [-0.39, 0.29) is 30.0 Å². The molecule has 2 aromatic rings. The Balaban J connectivity index is 1.68. The van der Waals surface area contributed by atoms with Gasteiger partial charge < -0.3 is 19.6 Å². The first-order valence-corrected chi connectivity index (χ1v) is 8.74. The van der Waals surface area contributed by atoms with Gasteiger partial charge in [-0.3, -0.25) is 4.79 Å². The third kappa shape index (κ3) is 3.96. The second-order valence-electron chi connectivity index (χ2n) is 6.66. The molecule has 138 valence electrons. The summed E-state index contributed by atoms with van der Waals surface area (Å²) < 4.78 is 11.3. The largest absolute Gasteiger partial charge is 0.478 e. The lowest BCUT2D eigenvalue weighted by atomic mass is 9.88. The quantitative estimate of drug-likeness (QED) is 0.856. The zero-order valence-electron chi connectivity index (χ0n) is 15.0. The fourth-order valence-corrected chi connectivity index (χ4v) is 3.28. The Labute approximate surface area is 152 Å². The van der Waals surface area contributed by atoms with Gasteiger partial charge in [-0.05, 0) is 38.3 Å². The first-order chi connectivity index (χ1) is 12.5. The summed E-state index contributed by atoms with van der Waals surface area (Å²) in [5.41, 5.74) is 2.28. The van der Waals surface area contributed by atoms with Crippen molar-refractivity contribution in [1.82, 2.24) is 5.32 Å². The maximum Gasteiger partial charge on any atom is 0.339 e. The third-order valence-corrected chi connectivity index (χ3v) is 4.70. The Morgan fingerprint density at radius 3 is 2.62 bits per heavy atom. The van der Waals surface area contributed by atoms with Crippen LogP contribution in [0.5, 0.6) is 0 Å². The van der Waals surface area contributed by atoms with Crippen LogP contribution in [0.2, 0.25) is 0 Å². The van der Waals surface area contributed by atoms with E-state index < -0.39 is 5.97 Å². The summed E-state index contributed by atoms with van der Waals surface area (Å²) in [7, 11) is 0. The summed E-state index contributed by atoms with van der Waals surface area (Å²) in [5.74, 6) is -0.663. The molecule has 6 heteroatoms. The van der Waals surface area contributed by atoms with E-state index in [4.69, 9.17) is 14.3 Å². The minimum atomic E-state index is -1.04. The first-order valence-electron chi connectivity index (χ1n) is 8.74. The van der Waals surface area contributed by atoms with Crippen LogP contribution in [0.3, 0.4) is 0 Å². The van der Waals surface area contributed by atoms with Crippen LogP contribution in [0.15, 0.2) is 34.7 Å². The maximum atomic E-state index is 12.7. The van der Waals surface area contributed by atoms with Crippen LogP contribution in [0, 0.1) is 19.8 Å². The first kappa shape index (κ1) is 18.2. The fraction of sp³-hybridized carbons (Fsp3) is 0.400. The lowest BCUT2D eigenvalue weighted by Crippen LogP contribution is -2.37. The molecule has 2 atom stereocenters. The fourth-order valence-electron chi connectivity index (χ4n) is 3.28. The number of carbonyl (C=O) groups is 2. The van der Waals surface area contributed by atoms with Gasteiger partial charge in [0.1, 0.15) is 17.1 Å². The predicted molar refractivity (Wildman–Crippen MR) is 94.8 cm³/mol. The second kappa shape index (κ2) is 7.74. The molecule has 0 spiro atoms. The molecule has 2 N–H and O–H groups in total. The number of carboxylic acid groups (broad SMARTS) is 1. The molecule has 1 amide bonds. The number of amides is 1. The van der Waals surface area contributed by atoms with Gasteiger partial charge in [0.25, 0.3) is 0 Å². The molecule has 26 heavy (non-hydrogen) atoms. The Morgan fingerprint density at radius 1 is 1.23 bits per heavy atom. The lowest BCUT2D eigenvalue weighted by molar-refractivity contribution is -0.135. The van der Waals surface area contributed by atoms with Gasteiger partial charge in [-0.2, -0.15) is 0 Å². The van der Waals surface area contributed by atoms with Crippen molar-refractivity contribution in [1.29, 1.82) is 0 Å². The molecule has 1 aliphatic rings. The number of benzene rings is 1. The van der Waals surface area contributed by atoms with Gasteiger partial charge in [-0.1, -0.05) is 29.8 Å². The van der Waals surface area contributed by atoms with Gasteiger partial charge in [-0.15, -0.1) is 0 Å². The number of carbonyl (C=O) groups excluding carboxylic acids is 1. The van der Waals surface area contributed by atoms with Crippen LogP contribution in [-0.2, 0) is 16.1 Å². The van der Waals surface area contributed by atoms with Crippen molar-refractivity contribution in [2.45, 2.75) is 39.3 Å². The van der Waals surface area contributed by atoms with Gasteiger partial charge in [-0.25, -0.2) is 4.79 Å². The highest BCUT2D eigenvalue weighted by atomic mass is 16.5. The van der Waals surface area contributed by atoms with Gasteiger partial charge >= 0.3 is 5.97 Å². The van der Waals surface area contributed by atoms with Crippen LogP contribution >= 0.6 is 0 Å². The maximum absolute atomic E-state index is 12.7. The molecule has 1 aromatic carbocycles. The van der Waals surface area contributed by atoms with E-state index in [2.05, 4.69) is 5.32 Å². The van der Waals surface area contributed by atoms with Crippen molar-refractivity contribution in [2.75, 3.05) is 6.61 Å². The standard InChI is InChI=1S/C20H23NO5/c1-12-5-7-14(8-6-12)18-16(4-3-9-25-18)19(22)21-11-15-10-17(20(23)24)13(2)26-15/h5-8,10,16,18H,3-4,9,11H2,1-2H3,(H,21,22)(H,23,24). The average molecular weight is 357 g/mol. The number of rotatable bonds is 5. The zero-order chi connectivity index (χ0) is 18.7. The third-order valence-electron chi connectivity index (χ3n) is 4.70. The molecule has 0 bridgehead atoms. The summed E-state index contributed by atoms with van der Waals surface area (Å²) in [4.78, 5) is 23.8. The summed E-state index contributed by atoms with van der Waals surface area (Å²) in [6.45, 7) is 4.41. The van der Waals surface area contributed by atoms with Crippen LogP contribution < -0.4 is 5.32 Å². The van der Waals surface area contributed by atoms with Crippen LogP contribution in [0.4, 0.5) is 0 Å². The monoisotopic (exact) mass is 357 g/mol. The SMILES string of the molecule is Cc1ccc(C2OCCCC2C(=O)NCc2cc(C(=O)O)c(C)o2)cc1. The Morgan fingerprint density at radius 2 is 1.96 bits per heavy atom. The van der Waals surface area contributed by atoms with E-state index in [1.807, 2.05) is 31.2 Å². The molecule has 0 saturated carbocycles. The molecule has 1 aromatic heterocycles. The van der Waals surface area contributed by atoms with E-state index in [0.717, 1.165) is 24.0 Å². The summed E-state index contributed by atoms with van der Waals surface area (Å²) >= 11 is 0. The topological polar surface area (TPSA) is 88.8 Å². The number of furan rings is 1. The van der Waals surface area contributed by atoms with E-state index in [9.17, 15) is 9.59 Å². The van der Waals surface area contributed by atoms with E-state index in [0.29, 0.717) is 18.1 Å². The normalized spacial score (nSPS) is 19.9. The van der Waals surface area contributed by atoms with Crippen molar-refractivity contribution < 1.29 is 23.8 Å². The van der Waals surface area contributed by atoms with Crippen molar-refractivity contribution in [3.63, 3.8) is 0 Å². The molecule has 1 saturated heterocycles. The molecule has 6 nitrogen and oxygen atoms in total. The molecule has 0 radical (unpaired) electrons. The van der Waals surface area contributed by atoms with Crippen molar-refractivity contribution in [2.24, 2.45) is 5.92 Å². The minimum absolute atomic E-state index is 0.110. The average Bonchev–Trinajstić information content (AvgIpc) is 3.01. The molecular formula is C20H23NO5. The molecule has 0 aliphatic carbocycles.